The molecule has 0 saturated carbocycles. The van der Waals surface area contributed by atoms with Gasteiger partial charge in [-0.1, -0.05) is 78.9 Å². The topological polar surface area (TPSA) is 126 Å². The molecule has 0 unspecified atom stereocenters. The Morgan fingerprint density at radius 2 is 1.48 bits per heavy atom. The number of fused-ring (bicyclic) bond motifs is 1. The number of rotatable bonds is 10. The standard InChI is InChI=1S/C37H40N4O6S/c42-25-27-12-14-28(15-13-27)35-22-31(24-40-20-18-30(19-21-40)41-34-9-5-4-8-33(34)39-37(41)43)46-36(47-35)29-16-10-26(11-17-29)23-38-48(44,45)32-6-2-1-3-7-32/h1-17,30-31,35-36,38,42H,18-25H2,(H,39,43)/t31-,35+,36+/m0/s1. The summed E-state index contributed by atoms with van der Waals surface area (Å²) in [6, 6.07) is 31.8. The van der Waals surface area contributed by atoms with E-state index >= 15 is 0 Å². The van der Waals surface area contributed by atoms with Crippen molar-refractivity contribution in [3.63, 3.8) is 0 Å². The molecule has 2 saturated heterocycles. The molecule has 3 heterocycles. The molecule has 0 radical (unpaired) electrons. The van der Waals surface area contributed by atoms with Crippen molar-refractivity contribution >= 4 is 21.1 Å². The molecule has 0 amide bonds. The average Bonchev–Trinajstić information content (AvgIpc) is 3.47. The van der Waals surface area contributed by atoms with Gasteiger partial charge in [-0.05, 0) is 53.8 Å². The molecule has 2 aliphatic rings. The van der Waals surface area contributed by atoms with Crippen LogP contribution in [0.3, 0.4) is 0 Å². The number of aromatic nitrogens is 2. The Bertz CT molecular complexity index is 1990. The molecule has 11 heteroatoms. The van der Waals surface area contributed by atoms with Gasteiger partial charge in [0.05, 0.1) is 34.7 Å². The number of hydrogen-bond acceptors (Lipinski definition) is 7. The number of benzene rings is 4. The number of nitrogens with zero attached hydrogens (tertiary/aromatic N) is 2. The van der Waals surface area contributed by atoms with Gasteiger partial charge in [0.2, 0.25) is 10.0 Å². The van der Waals surface area contributed by atoms with Crippen LogP contribution in [0.15, 0.2) is 113 Å². The number of piperidine rings is 1. The highest BCUT2D eigenvalue weighted by molar-refractivity contribution is 7.89. The second-order valence-electron chi connectivity index (χ2n) is 12.6. The normalized spacial score (nSPS) is 21.1. The van der Waals surface area contributed by atoms with Crippen molar-refractivity contribution in [2.75, 3.05) is 19.6 Å². The van der Waals surface area contributed by atoms with Crippen molar-refractivity contribution in [2.45, 2.75) is 61.8 Å². The molecule has 2 aliphatic heterocycles. The van der Waals surface area contributed by atoms with Crippen molar-refractivity contribution in [3.05, 3.63) is 136 Å². The first-order valence-corrected chi connectivity index (χ1v) is 17.9. The predicted molar refractivity (Wildman–Crippen MR) is 183 cm³/mol. The first-order valence-electron chi connectivity index (χ1n) is 16.4. The Labute approximate surface area is 280 Å². The third-order valence-electron chi connectivity index (χ3n) is 9.39. The van der Waals surface area contributed by atoms with E-state index in [-0.39, 0.29) is 42.0 Å². The minimum Gasteiger partial charge on any atom is -0.392 e. The van der Waals surface area contributed by atoms with Gasteiger partial charge < -0.3 is 24.5 Å². The fourth-order valence-corrected chi connectivity index (χ4v) is 7.81. The van der Waals surface area contributed by atoms with E-state index in [4.69, 9.17) is 9.47 Å². The zero-order valence-electron chi connectivity index (χ0n) is 26.6. The van der Waals surface area contributed by atoms with Crippen molar-refractivity contribution in [1.82, 2.24) is 19.2 Å². The molecule has 3 atom stereocenters. The first-order chi connectivity index (χ1) is 23.4. The SMILES string of the molecule is O=c1[nH]c2ccccc2n1C1CCN(C[C@@H]2C[C@H](c3ccc(CO)cc3)O[C@H](c3ccc(CNS(=O)(=O)c4ccccc4)cc3)O2)CC1. The Morgan fingerprint density at radius 1 is 0.812 bits per heavy atom. The van der Waals surface area contributed by atoms with Crippen molar-refractivity contribution < 1.29 is 23.0 Å². The molecular formula is C37H40N4O6S. The number of imidazole rings is 1. The summed E-state index contributed by atoms with van der Waals surface area (Å²) in [5.74, 6) is 0. The number of aliphatic hydroxyl groups excluding tert-OH is 1. The molecule has 5 aromatic rings. The van der Waals surface area contributed by atoms with E-state index in [0.717, 1.165) is 65.8 Å². The molecular weight excluding hydrogens is 628 g/mol. The van der Waals surface area contributed by atoms with Gasteiger partial charge in [-0.25, -0.2) is 17.9 Å². The molecule has 48 heavy (non-hydrogen) atoms. The van der Waals surface area contributed by atoms with Crippen LogP contribution in [-0.2, 0) is 32.6 Å². The second-order valence-corrected chi connectivity index (χ2v) is 14.3. The fraction of sp³-hybridized carbons (Fsp3) is 0.324. The summed E-state index contributed by atoms with van der Waals surface area (Å²) >= 11 is 0. The molecule has 3 N–H and O–H groups in total. The zero-order valence-corrected chi connectivity index (χ0v) is 27.4. The highest BCUT2D eigenvalue weighted by Gasteiger charge is 2.34. The maximum absolute atomic E-state index is 12.8. The minimum atomic E-state index is -3.62. The van der Waals surface area contributed by atoms with Gasteiger partial charge in [-0.3, -0.25) is 4.57 Å². The molecule has 10 nitrogen and oxygen atoms in total. The van der Waals surface area contributed by atoms with E-state index < -0.39 is 16.3 Å². The summed E-state index contributed by atoms with van der Waals surface area (Å²) in [5, 5.41) is 9.55. The molecule has 0 spiro atoms. The molecule has 7 rings (SSSR count). The smallest absolute Gasteiger partial charge is 0.326 e. The van der Waals surface area contributed by atoms with Crippen LogP contribution in [0.25, 0.3) is 11.0 Å². The number of ether oxygens (including phenoxy) is 2. The van der Waals surface area contributed by atoms with Gasteiger partial charge >= 0.3 is 5.69 Å². The number of likely N-dealkylation sites (tertiary alicyclic amines) is 1. The average molecular weight is 669 g/mol. The van der Waals surface area contributed by atoms with Crippen LogP contribution >= 0.6 is 0 Å². The van der Waals surface area contributed by atoms with Crippen molar-refractivity contribution in [1.29, 1.82) is 0 Å². The highest BCUT2D eigenvalue weighted by atomic mass is 32.2. The lowest BCUT2D eigenvalue weighted by molar-refractivity contribution is -0.253. The first kappa shape index (κ1) is 32.4. The summed E-state index contributed by atoms with van der Waals surface area (Å²) in [6.45, 7) is 2.58. The van der Waals surface area contributed by atoms with Crippen LogP contribution < -0.4 is 10.4 Å². The summed E-state index contributed by atoms with van der Waals surface area (Å²) in [5.41, 5.74) is 5.30. The van der Waals surface area contributed by atoms with Gasteiger partial charge in [-0.2, -0.15) is 0 Å². The van der Waals surface area contributed by atoms with Crippen LogP contribution in [0.1, 0.15) is 60.0 Å². The van der Waals surface area contributed by atoms with Gasteiger partial charge in [0, 0.05) is 44.2 Å². The lowest BCUT2D eigenvalue weighted by Gasteiger charge is -2.40. The van der Waals surface area contributed by atoms with Gasteiger partial charge in [0.25, 0.3) is 0 Å². The second kappa shape index (κ2) is 14.2. The maximum Gasteiger partial charge on any atom is 0.326 e. The van der Waals surface area contributed by atoms with Crippen LogP contribution in [0.2, 0.25) is 0 Å². The monoisotopic (exact) mass is 668 g/mol. The van der Waals surface area contributed by atoms with Crippen LogP contribution in [0.5, 0.6) is 0 Å². The maximum atomic E-state index is 12.8. The summed E-state index contributed by atoms with van der Waals surface area (Å²) in [7, 11) is -3.62. The van der Waals surface area contributed by atoms with Gasteiger partial charge in [0.1, 0.15) is 0 Å². The molecule has 0 bridgehead atoms. The number of H-pyrrole nitrogens is 1. The number of aromatic amines is 1. The molecule has 1 aromatic heterocycles. The summed E-state index contributed by atoms with van der Waals surface area (Å²) in [4.78, 5) is 18.4. The van der Waals surface area contributed by atoms with Gasteiger partial charge in [-0.15, -0.1) is 0 Å². The Kier molecular flexibility index (Phi) is 9.58. The zero-order chi connectivity index (χ0) is 33.1. The summed E-state index contributed by atoms with van der Waals surface area (Å²) in [6.07, 6.45) is 1.50. The van der Waals surface area contributed by atoms with Crippen molar-refractivity contribution in [3.8, 4) is 0 Å². The van der Waals surface area contributed by atoms with E-state index in [9.17, 15) is 18.3 Å². The number of para-hydroxylation sites is 2. The van der Waals surface area contributed by atoms with E-state index in [1.54, 1.807) is 30.3 Å². The fourth-order valence-electron chi connectivity index (χ4n) is 6.77. The van der Waals surface area contributed by atoms with Crippen LogP contribution in [0, 0.1) is 0 Å². The van der Waals surface area contributed by atoms with Crippen LogP contribution in [-0.4, -0.2) is 53.7 Å². The van der Waals surface area contributed by atoms with E-state index in [1.807, 2.05) is 77.4 Å². The largest absolute Gasteiger partial charge is 0.392 e. The third kappa shape index (κ3) is 7.17. The van der Waals surface area contributed by atoms with E-state index in [0.29, 0.717) is 6.42 Å². The Balaban J connectivity index is 1.03. The lowest BCUT2D eigenvalue weighted by atomic mass is 9.98. The quantitative estimate of drug-likeness (QED) is 0.187. The number of hydrogen-bond donors (Lipinski definition) is 3. The predicted octanol–water partition coefficient (Wildman–Crippen LogP) is 5.18. The molecule has 4 aromatic carbocycles. The Hall–Kier alpha value is -4.10. The van der Waals surface area contributed by atoms with Gasteiger partial charge in [0.15, 0.2) is 6.29 Å². The highest BCUT2D eigenvalue weighted by Crippen LogP contribution is 2.38. The van der Waals surface area contributed by atoms with E-state index in [2.05, 4.69) is 14.6 Å². The number of sulfonamides is 1. The summed E-state index contributed by atoms with van der Waals surface area (Å²) < 4.78 is 43.1. The molecule has 250 valence electrons. The van der Waals surface area contributed by atoms with E-state index in [1.165, 1.54) is 0 Å². The lowest BCUT2D eigenvalue weighted by Crippen LogP contribution is -2.43. The minimum absolute atomic E-state index is 0.0192. The molecule has 0 aliphatic carbocycles. The molecule has 2 fully saturated rings. The third-order valence-corrected chi connectivity index (χ3v) is 10.8. The number of nitrogens with one attached hydrogen (secondary N) is 2. The van der Waals surface area contributed by atoms with Crippen molar-refractivity contribution in [2.24, 2.45) is 0 Å². The Morgan fingerprint density at radius 3 is 2.21 bits per heavy atom. The number of aliphatic hydroxyl groups is 1. The van der Waals surface area contributed by atoms with Crippen LogP contribution in [0.4, 0.5) is 0 Å².